The van der Waals surface area contributed by atoms with Gasteiger partial charge in [-0.05, 0) is 19.8 Å². The molecule has 0 bridgehead atoms. The number of rotatable bonds is 3. The molecule has 1 amide bonds. The van der Waals surface area contributed by atoms with Crippen molar-refractivity contribution in [1.82, 2.24) is 5.32 Å². The summed E-state index contributed by atoms with van der Waals surface area (Å²) in [5.74, 6) is -2.34. The maximum absolute atomic E-state index is 11.6. The number of carboxylic acid groups (broad SMARTS) is 1. The molecule has 1 aliphatic rings. The molecule has 1 aliphatic carbocycles. The van der Waals surface area contributed by atoms with Crippen LogP contribution in [0.1, 0.15) is 51.9 Å². The van der Waals surface area contributed by atoms with Gasteiger partial charge < -0.3 is 10.4 Å². The summed E-state index contributed by atoms with van der Waals surface area (Å²) >= 11 is 0. The molecule has 0 heterocycles. The van der Waals surface area contributed by atoms with Gasteiger partial charge in [0.25, 0.3) is 0 Å². The van der Waals surface area contributed by atoms with Crippen LogP contribution in [-0.4, -0.2) is 23.0 Å². The number of amides is 1. The summed E-state index contributed by atoms with van der Waals surface area (Å²) in [6.07, 6.45) is 7.96. The predicted molar refractivity (Wildman–Crippen MR) is 61.0 cm³/mol. The maximum Gasteiger partial charge on any atom is 0.315 e. The summed E-state index contributed by atoms with van der Waals surface area (Å²) in [5.41, 5.74) is 0. The highest BCUT2D eigenvalue weighted by atomic mass is 16.4. The molecule has 4 nitrogen and oxygen atoms in total. The van der Waals surface area contributed by atoms with E-state index in [-0.39, 0.29) is 11.9 Å². The van der Waals surface area contributed by atoms with E-state index in [1.54, 1.807) is 0 Å². The lowest BCUT2D eigenvalue weighted by molar-refractivity contribution is -0.146. The second-order valence-corrected chi connectivity index (χ2v) is 4.61. The number of carbonyl (C=O) groups is 2. The lowest BCUT2D eigenvalue weighted by Crippen LogP contribution is -2.40. The average Bonchev–Trinajstić information content (AvgIpc) is 2.20. The first-order valence-corrected chi connectivity index (χ1v) is 6.14. The zero-order valence-corrected chi connectivity index (χ0v) is 9.87. The van der Waals surface area contributed by atoms with Crippen molar-refractivity contribution in [2.75, 3.05) is 0 Å². The Labute approximate surface area is 96.4 Å². The fourth-order valence-corrected chi connectivity index (χ4v) is 2.04. The molecule has 0 aliphatic heterocycles. The van der Waals surface area contributed by atoms with Crippen LogP contribution in [0.5, 0.6) is 0 Å². The minimum absolute atomic E-state index is 0.176. The van der Waals surface area contributed by atoms with Gasteiger partial charge in [-0.3, -0.25) is 9.59 Å². The van der Waals surface area contributed by atoms with Crippen molar-refractivity contribution in [1.29, 1.82) is 0 Å². The summed E-state index contributed by atoms with van der Waals surface area (Å²) in [4.78, 5) is 22.2. The lowest BCUT2D eigenvalue weighted by atomic mass is 9.96. The van der Waals surface area contributed by atoms with Gasteiger partial charge in [0.05, 0.1) is 0 Å². The molecule has 2 N–H and O–H groups in total. The molecule has 4 heteroatoms. The Balaban J connectivity index is 2.38. The van der Waals surface area contributed by atoms with Gasteiger partial charge in [-0.2, -0.15) is 0 Å². The van der Waals surface area contributed by atoms with Crippen molar-refractivity contribution in [3.63, 3.8) is 0 Å². The molecule has 0 radical (unpaired) electrons. The summed E-state index contributed by atoms with van der Waals surface area (Å²) < 4.78 is 0. The SMILES string of the molecule is CC(C(=O)O)C(=O)NC1CCCCCCC1. The largest absolute Gasteiger partial charge is 0.481 e. The Hall–Kier alpha value is -1.06. The minimum Gasteiger partial charge on any atom is -0.481 e. The fraction of sp³-hybridized carbons (Fsp3) is 0.833. The summed E-state index contributed by atoms with van der Waals surface area (Å²) in [5, 5.41) is 11.6. The van der Waals surface area contributed by atoms with Gasteiger partial charge in [0.1, 0.15) is 5.92 Å². The molecular weight excluding hydrogens is 206 g/mol. The molecule has 1 fully saturated rings. The number of aliphatic carboxylic acids is 1. The summed E-state index contributed by atoms with van der Waals surface area (Å²) in [6.45, 7) is 1.43. The van der Waals surface area contributed by atoms with Gasteiger partial charge in [0, 0.05) is 6.04 Å². The Morgan fingerprint density at radius 3 is 2.12 bits per heavy atom. The molecule has 16 heavy (non-hydrogen) atoms. The molecule has 1 atom stereocenters. The molecule has 0 aromatic rings. The first kappa shape index (κ1) is 13.0. The summed E-state index contributed by atoms with van der Waals surface area (Å²) in [7, 11) is 0. The van der Waals surface area contributed by atoms with Crippen LogP contribution in [0.15, 0.2) is 0 Å². The molecule has 1 unspecified atom stereocenters. The van der Waals surface area contributed by atoms with E-state index >= 15 is 0 Å². The van der Waals surface area contributed by atoms with Crippen molar-refractivity contribution in [2.24, 2.45) is 5.92 Å². The second kappa shape index (κ2) is 6.51. The molecule has 1 rings (SSSR count). The van der Waals surface area contributed by atoms with Crippen LogP contribution >= 0.6 is 0 Å². The predicted octanol–water partition coefficient (Wildman–Crippen LogP) is 1.94. The van der Waals surface area contributed by atoms with Crippen LogP contribution in [0.2, 0.25) is 0 Å². The van der Waals surface area contributed by atoms with Crippen LogP contribution < -0.4 is 5.32 Å². The Bertz CT molecular complexity index is 245. The van der Waals surface area contributed by atoms with E-state index in [4.69, 9.17) is 5.11 Å². The van der Waals surface area contributed by atoms with Crippen LogP contribution in [0.4, 0.5) is 0 Å². The van der Waals surface area contributed by atoms with E-state index in [9.17, 15) is 9.59 Å². The third kappa shape index (κ3) is 4.21. The second-order valence-electron chi connectivity index (χ2n) is 4.61. The molecule has 0 aromatic heterocycles. The molecule has 92 valence electrons. The number of carboxylic acids is 1. The van der Waals surface area contributed by atoms with Crippen molar-refractivity contribution >= 4 is 11.9 Å². The standard InChI is InChI=1S/C12H21NO3/c1-9(12(15)16)11(14)13-10-7-5-3-2-4-6-8-10/h9-10H,2-8H2,1H3,(H,13,14)(H,15,16). The van der Waals surface area contributed by atoms with Gasteiger partial charge in [-0.25, -0.2) is 0 Å². The molecular formula is C12H21NO3. The van der Waals surface area contributed by atoms with Crippen molar-refractivity contribution in [2.45, 2.75) is 57.9 Å². The molecule has 0 spiro atoms. The van der Waals surface area contributed by atoms with E-state index in [1.165, 1.54) is 26.2 Å². The molecule has 0 saturated heterocycles. The van der Waals surface area contributed by atoms with E-state index < -0.39 is 11.9 Å². The Morgan fingerprint density at radius 1 is 1.12 bits per heavy atom. The van der Waals surface area contributed by atoms with Crippen LogP contribution in [0.3, 0.4) is 0 Å². The Morgan fingerprint density at radius 2 is 1.62 bits per heavy atom. The van der Waals surface area contributed by atoms with Gasteiger partial charge in [-0.1, -0.05) is 32.1 Å². The van der Waals surface area contributed by atoms with Crippen molar-refractivity contribution < 1.29 is 14.7 Å². The van der Waals surface area contributed by atoms with E-state index in [2.05, 4.69) is 5.32 Å². The highest BCUT2D eigenvalue weighted by Crippen LogP contribution is 2.17. The van der Waals surface area contributed by atoms with E-state index in [0.717, 1.165) is 25.7 Å². The normalized spacial score (nSPS) is 20.6. The van der Waals surface area contributed by atoms with Crippen molar-refractivity contribution in [3.05, 3.63) is 0 Å². The van der Waals surface area contributed by atoms with Crippen molar-refractivity contribution in [3.8, 4) is 0 Å². The first-order chi connectivity index (χ1) is 7.61. The van der Waals surface area contributed by atoms with E-state index in [0.29, 0.717) is 0 Å². The number of nitrogens with one attached hydrogen (secondary N) is 1. The average molecular weight is 227 g/mol. The van der Waals surface area contributed by atoms with Gasteiger partial charge in [-0.15, -0.1) is 0 Å². The third-order valence-corrected chi connectivity index (χ3v) is 3.22. The van der Waals surface area contributed by atoms with Gasteiger partial charge >= 0.3 is 5.97 Å². The highest BCUT2D eigenvalue weighted by Gasteiger charge is 2.23. The van der Waals surface area contributed by atoms with Gasteiger partial charge in [0.2, 0.25) is 5.91 Å². The fourth-order valence-electron chi connectivity index (χ4n) is 2.04. The topological polar surface area (TPSA) is 66.4 Å². The maximum atomic E-state index is 11.6. The van der Waals surface area contributed by atoms with Crippen LogP contribution in [0, 0.1) is 5.92 Å². The highest BCUT2D eigenvalue weighted by molar-refractivity contribution is 5.96. The number of hydrogen-bond donors (Lipinski definition) is 2. The third-order valence-electron chi connectivity index (χ3n) is 3.22. The van der Waals surface area contributed by atoms with Gasteiger partial charge in [0.15, 0.2) is 0 Å². The zero-order valence-electron chi connectivity index (χ0n) is 9.87. The molecule has 0 aromatic carbocycles. The Kier molecular flexibility index (Phi) is 5.29. The lowest BCUT2D eigenvalue weighted by Gasteiger charge is -2.21. The van der Waals surface area contributed by atoms with Crippen LogP contribution in [0.25, 0.3) is 0 Å². The zero-order chi connectivity index (χ0) is 12.0. The monoisotopic (exact) mass is 227 g/mol. The molecule has 1 saturated carbocycles. The van der Waals surface area contributed by atoms with E-state index in [1.807, 2.05) is 0 Å². The summed E-state index contributed by atoms with van der Waals surface area (Å²) in [6, 6.07) is 0.176. The smallest absolute Gasteiger partial charge is 0.315 e. The number of hydrogen-bond acceptors (Lipinski definition) is 2. The quantitative estimate of drug-likeness (QED) is 0.724. The first-order valence-electron chi connectivity index (χ1n) is 6.14. The number of carbonyl (C=O) groups excluding carboxylic acids is 1. The van der Waals surface area contributed by atoms with Crippen LogP contribution in [-0.2, 0) is 9.59 Å². The minimum atomic E-state index is -1.05.